The summed E-state index contributed by atoms with van der Waals surface area (Å²) in [6.45, 7) is 1.96. The van der Waals surface area contributed by atoms with Crippen LogP contribution in [-0.2, 0) is 9.59 Å². The number of benzene rings is 3. The Balaban J connectivity index is 1.52. The molecule has 1 saturated heterocycles. The maximum atomic E-state index is 13.7. The van der Waals surface area contributed by atoms with E-state index in [2.05, 4.69) is 24.3 Å². The van der Waals surface area contributed by atoms with Gasteiger partial charge in [0.1, 0.15) is 0 Å². The molecular weight excluding hydrogens is 358 g/mol. The second-order valence-electron chi connectivity index (χ2n) is 8.40. The third kappa shape index (κ3) is 2.08. The van der Waals surface area contributed by atoms with Gasteiger partial charge in [0.25, 0.3) is 0 Å². The van der Waals surface area contributed by atoms with Gasteiger partial charge >= 0.3 is 0 Å². The van der Waals surface area contributed by atoms with E-state index in [1.54, 1.807) is 4.90 Å². The molecule has 3 nitrogen and oxygen atoms in total. The molecule has 0 aromatic heterocycles. The van der Waals surface area contributed by atoms with Crippen LogP contribution in [0.5, 0.6) is 0 Å². The van der Waals surface area contributed by atoms with Crippen LogP contribution in [-0.4, -0.2) is 16.7 Å². The lowest BCUT2D eigenvalue weighted by molar-refractivity contribution is -0.142. The van der Waals surface area contributed by atoms with Crippen molar-refractivity contribution in [1.82, 2.24) is 4.90 Å². The molecule has 0 saturated carbocycles. The van der Waals surface area contributed by atoms with E-state index in [1.807, 2.05) is 61.5 Å². The molecule has 0 N–H and O–H groups in total. The quantitative estimate of drug-likeness (QED) is 0.608. The number of amides is 2. The number of likely N-dealkylation sites (tertiary alicyclic amines) is 1. The lowest BCUT2D eigenvalue weighted by Gasteiger charge is -2.45. The second-order valence-corrected chi connectivity index (χ2v) is 8.40. The van der Waals surface area contributed by atoms with Crippen LogP contribution in [0.15, 0.2) is 78.9 Å². The number of imide groups is 1. The van der Waals surface area contributed by atoms with Gasteiger partial charge in [-0.25, -0.2) is 0 Å². The van der Waals surface area contributed by atoms with Gasteiger partial charge in [-0.1, -0.05) is 78.9 Å². The van der Waals surface area contributed by atoms with Crippen molar-refractivity contribution in [2.45, 2.75) is 24.8 Å². The molecule has 1 heterocycles. The van der Waals surface area contributed by atoms with Crippen LogP contribution in [0.3, 0.4) is 0 Å². The number of carbonyl (C=O) groups is 2. The lowest BCUT2D eigenvalue weighted by atomic mass is 9.55. The fraction of sp³-hybridized carbons (Fsp3) is 0.231. The summed E-state index contributed by atoms with van der Waals surface area (Å²) in [6, 6.07) is 26.3. The number of carbonyl (C=O) groups excluding carboxylic acids is 2. The van der Waals surface area contributed by atoms with Gasteiger partial charge in [0.15, 0.2) is 0 Å². The summed E-state index contributed by atoms with van der Waals surface area (Å²) in [6.07, 6.45) is 0. The molecule has 3 aliphatic carbocycles. The number of nitrogens with zero attached hydrogens (tertiary/aromatic N) is 1. The Morgan fingerprint density at radius 1 is 0.621 bits per heavy atom. The van der Waals surface area contributed by atoms with Crippen LogP contribution >= 0.6 is 0 Å². The van der Waals surface area contributed by atoms with Gasteiger partial charge in [-0.3, -0.25) is 14.5 Å². The van der Waals surface area contributed by atoms with E-state index in [4.69, 9.17) is 0 Å². The van der Waals surface area contributed by atoms with E-state index < -0.39 is 0 Å². The molecule has 4 aliphatic rings. The summed E-state index contributed by atoms with van der Waals surface area (Å²) in [5, 5.41) is 0. The largest absolute Gasteiger partial charge is 0.275 e. The van der Waals surface area contributed by atoms with Crippen LogP contribution in [0, 0.1) is 11.8 Å². The third-order valence-corrected chi connectivity index (χ3v) is 7.15. The van der Waals surface area contributed by atoms with Gasteiger partial charge in [0.05, 0.1) is 17.9 Å². The first-order valence-corrected chi connectivity index (χ1v) is 10.3. The Morgan fingerprint density at radius 3 is 1.41 bits per heavy atom. The van der Waals surface area contributed by atoms with E-state index >= 15 is 0 Å². The van der Waals surface area contributed by atoms with Gasteiger partial charge < -0.3 is 0 Å². The smallest absolute Gasteiger partial charge is 0.234 e. The van der Waals surface area contributed by atoms with Crippen LogP contribution in [0.2, 0.25) is 0 Å². The zero-order chi connectivity index (χ0) is 19.7. The van der Waals surface area contributed by atoms with E-state index in [9.17, 15) is 9.59 Å². The van der Waals surface area contributed by atoms with Crippen molar-refractivity contribution >= 4 is 11.8 Å². The SMILES string of the molecule is C[C@@H](c1ccccc1)N1C(=O)C2C3c4ccccc4C(c4ccccc43)C2C1=O. The summed E-state index contributed by atoms with van der Waals surface area (Å²) in [5.41, 5.74) is 5.86. The highest BCUT2D eigenvalue weighted by Crippen LogP contribution is 2.61. The van der Waals surface area contributed by atoms with Gasteiger partial charge in [-0.15, -0.1) is 0 Å². The molecule has 3 atom stereocenters. The summed E-state index contributed by atoms with van der Waals surface area (Å²) in [5.74, 6) is -0.721. The summed E-state index contributed by atoms with van der Waals surface area (Å²) in [7, 11) is 0. The Morgan fingerprint density at radius 2 is 1.00 bits per heavy atom. The van der Waals surface area contributed by atoms with Crippen molar-refractivity contribution < 1.29 is 9.59 Å². The van der Waals surface area contributed by atoms with Gasteiger partial charge in [-0.2, -0.15) is 0 Å². The van der Waals surface area contributed by atoms with E-state index in [0.29, 0.717) is 0 Å². The first-order chi connectivity index (χ1) is 14.2. The zero-order valence-electron chi connectivity index (χ0n) is 16.2. The van der Waals surface area contributed by atoms with Crippen molar-refractivity contribution in [3.63, 3.8) is 0 Å². The second kappa shape index (κ2) is 5.90. The van der Waals surface area contributed by atoms with Crippen LogP contribution in [0.4, 0.5) is 0 Å². The van der Waals surface area contributed by atoms with Crippen LogP contribution in [0.1, 0.15) is 52.6 Å². The first kappa shape index (κ1) is 16.7. The first-order valence-electron chi connectivity index (χ1n) is 10.3. The van der Waals surface area contributed by atoms with Gasteiger partial charge in [0, 0.05) is 11.8 Å². The lowest BCUT2D eigenvalue weighted by Crippen LogP contribution is -2.41. The Labute approximate surface area is 170 Å². The minimum atomic E-state index is -0.302. The highest BCUT2D eigenvalue weighted by Gasteiger charge is 2.62. The van der Waals surface area contributed by atoms with Gasteiger partial charge in [-0.05, 0) is 34.7 Å². The summed E-state index contributed by atoms with van der Waals surface area (Å²) in [4.78, 5) is 28.9. The molecule has 3 heteroatoms. The number of hydrogen-bond donors (Lipinski definition) is 0. The Hall–Kier alpha value is -3.20. The molecule has 29 heavy (non-hydrogen) atoms. The molecule has 3 aromatic carbocycles. The molecule has 142 valence electrons. The topological polar surface area (TPSA) is 37.4 Å². The van der Waals surface area contributed by atoms with E-state index in [0.717, 1.165) is 5.56 Å². The maximum Gasteiger partial charge on any atom is 0.234 e. The van der Waals surface area contributed by atoms with Crippen molar-refractivity contribution in [3.8, 4) is 0 Å². The minimum absolute atomic E-state index is 0.0182. The van der Waals surface area contributed by atoms with E-state index in [-0.39, 0.29) is 41.5 Å². The molecule has 7 rings (SSSR count). The van der Waals surface area contributed by atoms with Crippen LogP contribution in [0.25, 0.3) is 0 Å². The average Bonchev–Trinajstić information content (AvgIpc) is 3.04. The number of hydrogen-bond acceptors (Lipinski definition) is 2. The van der Waals surface area contributed by atoms with Crippen molar-refractivity contribution in [1.29, 1.82) is 0 Å². The molecule has 2 unspecified atom stereocenters. The fourth-order valence-electron chi connectivity index (χ4n) is 5.96. The van der Waals surface area contributed by atoms with Crippen molar-refractivity contribution in [3.05, 3.63) is 107 Å². The summed E-state index contributed by atoms with van der Waals surface area (Å²) < 4.78 is 0. The zero-order valence-corrected chi connectivity index (χ0v) is 16.2. The Kier molecular flexibility index (Phi) is 3.40. The highest BCUT2D eigenvalue weighted by atomic mass is 16.2. The van der Waals surface area contributed by atoms with Crippen molar-refractivity contribution in [2.75, 3.05) is 0 Å². The molecular formula is C26H21NO2. The predicted molar refractivity (Wildman–Crippen MR) is 110 cm³/mol. The third-order valence-electron chi connectivity index (χ3n) is 7.15. The molecule has 1 aliphatic heterocycles. The highest BCUT2D eigenvalue weighted by molar-refractivity contribution is 6.08. The maximum absolute atomic E-state index is 13.7. The molecule has 2 amide bonds. The molecule has 2 bridgehead atoms. The molecule has 1 fully saturated rings. The predicted octanol–water partition coefficient (Wildman–Crippen LogP) is 4.64. The van der Waals surface area contributed by atoms with Gasteiger partial charge in [0.2, 0.25) is 11.8 Å². The average molecular weight is 379 g/mol. The van der Waals surface area contributed by atoms with Crippen LogP contribution < -0.4 is 0 Å². The molecule has 0 spiro atoms. The number of rotatable bonds is 2. The standard InChI is InChI=1S/C26H21NO2/c1-15(16-9-3-2-4-10-16)27-25(28)23-21-17-11-5-6-12-18(17)22(24(23)26(27)29)20-14-8-7-13-19(20)21/h2-15,21-24H,1H3/t15-,21?,22?,23?,24?/m0/s1. The minimum Gasteiger partial charge on any atom is -0.275 e. The fourth-order valence-corrected chi connectivity index (χ4v) is 5.96. The molecule has 0 radical (unpaired) electrons. The normalized spacial score (nSPS) is 27.4. The molecule has 3 aromatic rings. The summed E-state index contributed by atoms with van der Waals surface area (Å²) >= 11 is 0. The monoisotopic (exact) mass is 379 g/mol. The Bertz CT molecular complexity index is 1040. The van der Waals surface area contributed by atoms with E-state index in [1.165, 1.54) is 22.3 Å². The van der Waals surface area contributed by atoms with Crippen molar-refractivity contribution in [2.24, 2.45) is 11.8 Å².